The van der Waals surface area contributed by atoms with Crippen molar-refractivity contribution in [2.24, 2.45) is 0 Å². The summed E-state index contributed by atoms with van der Waals surface area (Å²) in [5.74, 6) is -0.648. The average molecular weight is 303 g/mol. The number of rotatable bonds is 4. The molecule has 0 saturated carbocycles. The highest BCUT2D eigenvalue weighted by Crippen LogP contribution is 2.15. The van der Waals surface area contributed by atoms with Gasteiger partial charge in [0.05, 0.1) is 24.5 Å². The molecule has 1 saturated heterocycles. The van der Waals surface area contributed by atoms with Crippen molar-refractivity contribution in [1.29, 1.82) is 0 Å². The van der Waals surface area contributed by atoms with Gasteiger partial charge < -0.3 is 10.1 Å². The Balaban J connectivity index is 1.58. The first-order chi connectivity index (χ1) is 10.7. The fraction of sp³-hybridized carbons (Fsp3) is 0.375. The van der Waals surface area contributed by atoms with Crippen molar-refractivity contribution in [3.63, 3.8) is 0 Å². The van der Waals surface area contributed by atoms with E-state index in [1.807, 2.05) is 0 Å². The van der Waals surface area contributed by atoms with Crippen LogP contribution in [0.5, 0.6) is 0 Å². The van der Waals surface area contributed by atoms with E-state index in [1.54, 1.807) is 17.1 Å². The summed E-state index contributed by atoms with van der Waals surface area (Å²) < 4.78 is 20.3. The first-order valence-electron chi connectivity index (χ1n) is 7.42. The zero-order chi connectivity index (χ0) is 15.4. The van der Waals surface area contributed by atoms with Crippen molar-refractivity contribution in [2.75, 3.05) is 11.9 Å². The van der Waals surface area contributed by atoms with Crippen molar-refractivity contribution in [2.45, 2.75) is 31.9 Å². The molecule has 0 radical (unpaired) electrons. The minimum atomic E-state index is -0.364. The predicted octanol–water partition coefficient (Wildman–Crippen LogP) is 2.84. The molecular formula is C16H18FN3O2. The molecule has 2 aromatic rings. The standard InChI is InChI=1S/C16H18FN3O2/c17-13-6-4-12(5-7-13)16(21)19-14-9-18-20(10-14)11-15-3-1-2-8-22-15/h4-7,9-10,15H,1-3,8,11H2,(H,19,21). The first-order valence-corrected chi connectivity index (χ1v) is 7.42. The third-order valence-corrected chi connectivity index (χ3v) is 3.66. The molecular weight excluding hydrogens is 285 g/mol. The maximum atomic E-state index is 12.8. The van der Waals surface area contributed by atoms with E-state index in [2.05, 4.69) is 10.4 Å². The van der Waals surface area contributed by atoms with Gasteiger partial charge in [-0.05, 0) is 43.5 Å². The quantitative estimate of drug-likeness (QED) is 0.945. The molecule has 6 heteroatoms. The summed E-state index contributed by atoms with van der Waals surface area (Å²) in [6, 6.07) is 5.42. The van der Waals surface area contributed by atoms with E-state index in [0.29, 0.717) is 17.8 Å². The van der Waals surface area contributed by atoms with E-state index in [-0.39, 0.29) is 17.8 Å². The highest BCUT2D eigenvalue weighted by Gasteiger charge is 2.15. The summed E-state index contributed by atoms with van der Waals surface area (Å²) in [5, 5.41) is 6.98. The molecule has 3 rings (SSSR count). The van der Waals surface area contributed by atoms with Gasteiger partial charge in [-0.15, -0.1) is 0 Å². The largest absolute Gasteiger partial charge is 0.376 e. The Hall–Kier alpha value is -2.21. The number of carbonyl (C=O) groups excluding carboxylic acids is 1. The van der Waals surface area contributed by atoms with Gasteiger partial charge in [0.2, 0.25) is 0 Å². The number of ether oxygens (including phenoxy) is 1. The molecule has 0 aliphatic carbocycles. The van der Waals surface area contributed by atoms with Gasteiger partial charge >= 0.3 is 0 Å². The molecule has 5 nitrogen and oxygen atoms in total. The van der Waals surface area contributed by atoms with Crippen molar-refractivity contribution >= 4 is 11.6 Å². The van der Waals surface area contributed by atoms with Gasteiger partial charge in [0, 0.05) is 18.4 Å². The number of benzene rings is 1. The second-order valence-corrected chi connectivity index (χ2v) is 5.40. The van der Waals surface area contributed by atoms with Crippen LogP contribution in [0.1, 0.15) is 29.6 Å². The van der Waals surface area contributed by atoms with E-state index < -0.39 is 0 Å². The number of amides is 1. The highest BCUT2D eigenvalue weighted by atomic mass is 19.1. The van der Waals surface area contributed by atoms with Crippen molar-refractivity contribution in [1.82, 2.24) is 9.78 Å². The van der Waals surface area contributed by atoms with Gasteiger partial charge in [-0.2, -0.15) is 5.10 Å². The second-order valence-electron chi connectivity index (χ2n) is 5.40. The average Bonchev–Trinajstić information content (AvgIpc) is 2.96. The van der Waals surface area contributed by atoms with Crippen LogP contribution in [0.15, 0.2) is 36.7 Å². The minimum absolute atomic E-state index is 0.189. The number of hydrogen-bond donors (Lipinski definition) is 1. The normalized spacial score (nSPS) is 18.1. The Labute approximate surface area is 128 Å². The van der Waals surface area contributed by atoms with E-state index in [1.165, 1.54) is 30.7 Å². The molecule has 1 unspecified atom stereocenters. The van der Waals surface area contributed by atoms with Gasteiger partial charge in [0.25, 0.3) is 5.91 Å². The molecule has 116 valence electrons. The van der Waals surface area contributed by atoms with E-state index in [4.69, 9.17) is 4.74 Å². The summed E-state index contributed by atoms with van der Waals surface area (Å²) in [6.07, 6.45) is 6.91. The summed E-state index contributed by atoms with van der Waals surface area (Å²) >= 11 is 0. The topological polar surface area (TPSA) is 56.2 Å². The molecule has 0 spiro atoms. The fourth-order valence-corrected chi connectivity index (χ4v) is 2.49. The van der Waals surface area contributed by atoms with Crippen LogP contribution in [0.4, 0.5) is 10.1 Å². The van der Waals surface area contributed by atoms with Crippen LogP contribution in [0.3, 0.4) is 0 Å². The lowest BCUT2D eigenvalue weighted by Gasteiger charge is -2.22. The van der Waals surface area contributed by atoms with Gasteiger partial charge in [-0.25, -0.2) is 4.39 Å². The molecule has 1 aliphatic rings. The Morgan fingerprint density at radius 1 is 1.36 bits per heavy atom. The van der Waals surface area contributed by atoms with Crippen LogP contribution >= 0.6 is 0 Å². The molecule has 1 aromatic carbocycles. The lowest BCUT2D eigenvalue weighted by molar-refractivity contribution is 0.00401. The molecule has 1 atom stereocenters. The zero-order valence-electron chi connectivity index (χ0n) is 12.2. The lowest BCUT2D eigenvalue weighted by atomic mass is 10.1. The third kappa shape index (κ3) is 3.71. The predicted molar refractivity (Wildman–Crippen MR) is 80.2 cm³/mol. The Morgan fingerprint density at radius 3 is 2.91 bits per heavy atom. The van der Waals surface area contributed by atoms with E-state index in [0.717, 1.165) is 19.4 Å². The third-order valence-electron chi connectivity index (χ3n) is 3.66. The van der Waals surface area contributed by atoms with Gasteiger partial charge in [-0.1, -0.05) is 0 Å². The number of nitrogens with zero attached hydrogens (tertiary/aromatic N) is 2. The molecule has 1 amide bonds. The second kappa shape index (κ2) is 6.70. The van der Waals surface area contributed by atoms with Crippen molar-refractivity contribution < 1.29 is 13.9 Å². The summed E-state index contributed by atoms with van der Waals surface area (Å²) in [5.41, 5.74) is 1.02. The summed E-state index contributed by atoms with van der Waals surface area (Å²) in [7, 11) is 0. The number of aromatic nitrogens is 2. The molecule has 1 aromatic heterocycles. The van der Waals surface area contributed by atoms with Gasteiger partial charge in [0.1, 0.15) is 5.82 Å². The SMILES string of the molecule is O=C(Nc1cnn(CC2CCCCO2)c1)c1ccc(F)cc1. The summed E-state index contributed by atoms with van der Waals surface area (Å²) in [4.78, 5) is 12.0. The smallest absolute Gasteiger partial charge is 0.255 e. The number of halogens is 1. The lowest BCUT2D eigenvalue weighted by Crippen LogP contribution is -2.24. The first kappa shape index (κ1) is 14.7. The van der Waals surface area contributed by atoms with Crippen LogP contribution in [0.25, 0.3) is 0 Å². The van der Waals surface area contributed by atoms with Crippen molar-refractivity contribution in [3.05, 3.63) is 48.0 Å². The maximum absolute atomic E-state index is 12.8. The Bertz CT molecular complexity index is 633. The van der Waals surface area contributed by atoms with Crippen LogP contribution in [0, 0.1) is 5.82 Å². The molecule has 0 bridgehead atoms. The molecule has 1 fully saturated rings. The monoisotopic (exact) mass is 303 g/mol. The van der Waals surface area contributed by atoms with Crippen LogP contribution in [0.2, 0.25) is 0 Å². The van der Waals surface area contributed by atoms with Crippen LogP contribution in [-0.4, -0.2) is 28.4 Å². The minimum Gasteiger partial charge on any atom is -0.376 e. The molecule has 1 N–H and O–H groups in total. The molecule has 22 heavy (non-hydrogen) atoms. The van der Waals surface area contributed by atoms with Gasteiger partial charge in [0.15, 0.2) is 0 Å². The van der Waals surface area contributed by atoms with Gasteiger partial charge in [-0.3, -0.25) is 9.48 Å². The molecule has 1 aliphatic heterocycles. The zero-order valence-corrected chi connectivity index (χ0v) is 12.2. The number of hydrogen-bond acceptors (Lipinski definition) is 3. The van der Waals surface area contributed by atoms with E-state index in [9.17, 15) is 9.18 Å². The molecule has 2 heterocycles. The number of nitrogens with one attached hydrogen (secondary N) is 1. The number of anilines is 1. The Kier molecular flexibility index (Phi) is 4.48. The highest BCUT2D eigenvalue weighted by molar-refractivity contribution is 6.04. The Morgan fingerprint density at radius 2 is 2.18 bits per heavy atom. The number of carbonyl (C=O) groups is 1. The van der Waals surface area contributed by atoms with Crippen LogP contribution < -0.4 is 5.32 Å². The van der Waals surface area contributed by atoms with E-state index >= 15 is 0 Å². The summed E-state index contributed by atoms with van der Waals surface area (Å²) in [6.45, 7) is 1.49. The van der Waals surface area contributed by atoms with Crippen molar-refractivity contribution in [3.8, 4) is 0 Å². The maximum Gasteiger partial charge on any atom is 0.255 e. The van der Waals surface area contributed by atoms with Crippen LogP contribution in [-0.2, 0) is 11.3 Å². The fourth-order valence-electron chi connectivity index (χ4n) is 2.49.